The second kappa shape index (κ2) is 10.2. The van der Waals surface area contributed by atoms with Crippen molar-refractivity contribution in [3.8, 4) is 0 Å². The molecule has 0 radical (unpaired) electrons. The van der Waals surface area contributed by atoms with E-state index < -0.39 is 22.4 Å². The molecule has 7 heteroatoms. The number of piperidine rings is 1. The molecule has 6 atom stereocenters. The topological polar surface area (TPSA) is 85.3 Å². The highest BCUT2D eigenvalue weighted by Crippen LogP contribution is 2.69. The molecule has 3 saturated carbocycles. The average Bonchev–Trinajstić information content (AvgIpc) is 3.54. The molecule has 4 aliphatic carbocycles. The first-order valence-electron chi connectivity index (χ1n) is 16.4. The van der Waals surface area contributed by atoms with Crippen molar-refractivity contribution in [1.29, 1.82) is 0 Å². The van der Waals surface area contributed by atoms with Crippen LogP contribution in [0, 0.1) is 17.3 Å². The molecule has 2 saturated heterocycles. The predicted octanol–water partition coefficient (Wildman–Crippen LogP) is 5.84. The van der Waals surface area contributed by atoms with Gasteiger partial charge in [-0.15, -0.1) is 0 Å². The van der Waals surface area contributed by atoms with E-state index in [0.717, 1.165) is 45.2 Å². The summed E-state index contributed by atoms with van der Waals surface area (Å²) < 4.78 is 18.3. The average molecular weight is 578 g/mol. The minimum absolute atomic E-state index is 0.0412. The summed E-state index contributed by atoms with van der Waals surface area (Å²) in [6.07, 6.45) is 9.42. The highest BCUT2D eigenvalue weighted by Gasteiger charge is 2.68. The monoisotopic (exact) mass is 577 g/mol. The Hall–Kier alpha value is -2.22. The Morgan fingerprint density at radius 3 is 2.36 bits per heavy atom. The lowest BCUT2D eigenvalue weighted by atomic mass is 9.49. The van der Waals surface area contributed by atoms with Gasteiger partial charge in [0.05, 0.1) is 18.8 Å². The van der Waals surface area contributed by atoms with Crippen LogP contribution in [0.15, 0.2) is 35.4 Å². The molecule has 0 amide bonds. The van der Waals surface area contributed by atoms with Gasteiger partial charge in [-0.3, -0.25) is 9.59 Å². The molecule has 42 heavy (non-hydrogen) atoms. The first-order valence-corrected chi connectivity index (χ1v) is 16.4. The number of carbonyl (C=O) groups is 2. The van der Waals surface area contributed by atoms with Crippen LogP contribution in [0.3, 0.4) is 0 Å². The molecule has 1 aromatic rings. The quantitative estimate of drug-likeness (QED) is 0.356. The lowest BCUT2D eigenvalue weighted by Crippen LogP contribution is -2.58. The molecule has 6 aliphatic rings. The van der Waals surface area contributed by atoms with Crippen molar-refractivity contribution >= 4 is 17.4 Å². The van der Waals surface area contributed by atoms with Crippen LogP contribution >= 0.6 is 0 Å². The first kappa shape index (κ1) is 28.5. The van der Waals surface area contributed by atoms with E-state index in [2.05, 4.69) is 36.1 Å². The van der Waals surface area contributed by atoms with Crippen molar-refractivity contribution in [1.82, 2.24) is 0 Å². The number of fused-ring (bicyclic) bond motifs is 4. The molecule has 0 unspecified atom stereocenters. The Bertz CT molecular complexity index is 1280. The molecule has 1 aromatic carbocycles. The minimum Gasteiger partial charge on any atom is -0.451 e. The number of rotatable bonds is 4. The van der Waals surface area contributed by atoms with Gasteiger partial charge in [-0.05, 0) is 99.8 Å². The van der Waals surface area contributed by atoms with Gasteiger partial charge in [0.15, 0.2) is 17.2 Å². The van der Waals surface area contributed by atoms with E-state index in [1.807, 2.05) is 0 Å². The summed E-state index contributed by atoms with van der Waals surface area (Å²) in [5.74, 6) is -0.604. The normalized spacial score (nSPS) is 39.0. The Labute approximate surface area is 250 Å². The zero-order valence-corrected chi connectivity index (χ0v) is 25.6. The summed E-state index contributed by atoms with van der Waals surface area (Å²) in [6, 6.07) is 9.08. The van der Waals surface area contributed by atoms with E-state index >= 15 is 0 Å². The molecule has 7 rings (SSSR count). The molecule has 2 aliphatic heterocycles. The van der Waals surface area contributed by atoms with E-state index in [9.17, 15) is 14.7 Å². The van der Waals surface area contributed by atoms with Gasteiger partial charge in [0.2, 0.25) is 0 Å². The number of allylic oxidation sites excluding steroid dienone is 1. The van der Waals surface area contributed by atoms with Crippen LogP contribution in [0.4, 0.5) is 5.69 Å². The van der Waals surface area contributed by atoms with E-state index in [0.29, 0.717) is 32.5 Å². The molecular weight excluding hydrogens is 530 g/mol. The summed E-state index contributed by atoms with van der Waals surface area (Å²) in [4.78, 5) is 28.4. The minimum atomic E-state index is -1.11. The summed E-state index contributed by atoms with van der Waals surface area (Å²) >= 11 is 0. The van der Waals surface area contributed by atoms with E-state index in [-0.39, 0.29) is 29.5 Å². The Morgan fingerprint density at radius 2 is 1.69 bits per heavy atom. The summed E-state index contributed by atoms with van der Waals surface area (Å²) in [5, 5.41) is 12.3. The van der Waals surface area contributed by atoms with Crippen molar-refractivity contribution < 1.29 is 28.9 Å². The predicted molar refractivity (Wildman–Crippen MR) is 159 cm³/mol. The highest BCUT2D eigenvalue weighted by molar-refractivity contribution is 5.89. The van der Waals surface area contributed by atoms with Crippen LogP contribution in [-0.2, 0) is 23.8 Å². The maximum absolute atomic E-state index is 13.4. The Balaban J connectivity index is 1.33. The lowest BCUT2D eigenvalue weighted by molar-refractivity contribution is -0.209. The zero-order chi connectivity index (χ0) is 29.3. The number of Topliss-reactive ketones (excluding diaryl/α,β-unsaturated/α-hetero) is 1. The number of ether oxygens (including phenoxy) is 3. The maximum Gasteiger partial charge on any atom is 0.303 e. The van der Waals surface area contributed by atoms with Gasteiger partial charge in [0.1, 0.15) is 0 Å². The van der Waals surface area contributed by atoms with Gasteiger partial charge in [-0.1, -0.05) is 24.6 Å². The van der Waals surface area contributed by atoms with Crippen LogP contribution in [0.1, 0.15) is 103 Å². The zero-order valence-electron chi connectivity index (χ0n) is 25.6. The SMILES string of the molecule is CC(=O)O[C@]1(C(C)=O)CC[C@H]2[C@@H]3CC[C@@]4(O)CC5(CCC4=C3[C@@H](c3ccc(N4CCCCC4)cc3)C[C@@]21C)OCCO5. The molecule has 2 heterocycles. The van der Waals surface area contributed by atoms with Gasteiger partial charge in [0, 0.05) is 49.9 Å². The number of benzene rings is 1. The number of carbonyl (C=O) groups excluding carboxylic acids is 2. The molecule has 0 bridgehead atoms. The van der Waals surface area contributed by atoms with Crippen LogP contribution in [-0.4, -0.2) is 60.2 Å². The first-order chi connectivity index (χ1) is 20.1. The van der Waals surface area contributed by atoms with Gasteiger partial charge >= 0.3 is 5.97 Å². The summed E-state index contributed by atoms with van der Waals surface area (Å²) in [6.45, 7) is 8.61. The van der Waals surface area contributed by atoms with E-state index in [4.69, 9.17) is 14.2 Å². The third kappa shape index (κ3) is 4.24. The second-order valence-corrected chi connectivity index (χ2v) is 14.3. The lowest BCUT2D eigenvalue weighted by Gasteiger charge is -2.57. The third-order valence-corrected chi connectivity index (χ3v) is 12.3. The number of ketones is 1. The number of esters is 1. The van der Waals surface area contributed by atoms with Crippen LogP contribution < -0.4 is 4.90 Å². The standard InChI is InChI=1S/C35H47NO6/c1-23(37)35(42-24(2)38)16-13-29-27-11-14-33(39)22-34(40-19-20-41-34)15-12-30(33)31(27)28(21-32(29,35)3)25-7-9-26(10-8-25)36-17-5-4-6-18-36/h7-10,27-29,39H,4-6,11-22H2,1-3H3/t27-,28+,29-,32-,33+,35-/m0/s1. The fraction of sp³-hybridized carbons (Fsp3) is 0.714. The Kier molecular flexibility index (Phi) is 6.91. The fourth-order valence-corrected chi connectivity index (χ4v) is 10.4. The molecule has 7 nitrogen and oxygen atoms in total. The number of aliphatic hydroxyl groups is 1. The van der Waals surface area contributed by atoms with Gasteiger partial charge in [-0.25, -0.2) is 0 Å². The van der Waals surface area contributed by atoms with Crippen molar-refractivity contribution in [3.63, 3.8) is 0 Å². The maximum atomic E-state index is 13.4. The molecule has 0 aromatic heterocycles. The van der Waals surface area contributed by atoms with E-state index in [1.54, 1.807) is 6.92 Å². The van der Waals surface area contributed by atoms with Crippen molar-refractivity contribution in [2.45, 2.75) is 114 Å². The number of anilines is 1. The molecule has 5 fully saturated rings. The van der Waals surface area contributed by atoms with Crippen LogP contribution in [0.25, 0.3) is 0 Å². The molecular formula is C35H47NO6. The van der Waals surface area contributed by atoms with E-state index in [1.165, 1.54) is 48.6 Å². The van der Waals surface area contributed by atoms with Crippen molar-refractivity contribution in [2.24, 2.45) is 17.3 Å². The van der Waals surface area contributed by atoms with Crippen molar-refractivity contribution in [2.75, 3.05) is 31.2 Å². The summed E-state index contributed by atoms with van der Waals surface area (Å²) in [7, 11) is 0. The van der Waals surface area contributed by atoms with Crippen molar-refractivity contribution in [3.05, 3.63) is 41.0 Å². The highest BCUT2D eigenvalue weighted by atomic mass is 16.7. The molecule has 1 spiro atoms. The number of hydrogen-bond donors (Lipinski definition) is 1. The molecule has 228 valence electrons. The number of nitrogens with zero attached hydrogens (tertiary/aromatic N) is 1. The molecule has 1 N–H and O–H groups in total. The van der Waals surface area contributed by atoms with Crippen LogP contribution in [0.5, 0.6) is 0 Å². The van der Waals surface area contributed by atoms with Gasteiger partial charge < -0.3 is 24.2 Å². The number of hydrogen-bond acceptors (Lipinski definition) is 7. The van der Waals surface area contributed by atoms with Gasteiger partial charge in [-0.2, -0.15) is 0 Å². The smallest absolute Gasteiger partial charge is 0.303 e. The second-order valence-electron chi connectivity index (χ2n) is 14.3. The fourth-order valence-electron chi connectivity index (χ4n) is 10.4. The third-order valence-electron chi connectivity index (χ3n) is 12.3. The van der Waals surface area contributed by atoms with Crippen LogP contribution in [0.2, 0.25) is 0 Å². The largest absolute Gasteiger partial charge is 0.451 e. The Morgan fingerprint density at radius 1 is 0.976 bits per heavy atom. The summed E-state index contributed by atoms with van der Waals surface area (Å²) in [5.41, 5.74) is 2.52. The van der Waals surface area contributed by atoms with Gasteiger partial charge in [0.25, 0.3) is 0 Å².